The van der Waals surface area contributed by atoms with Crippen LogP contribution in [0.5, 0.6) is 11.5 Å². The predicted octanol–water partition coefficient (Wildman–Crippen LogP) is 3.05. The quantitative estimate of drug-likeness (QED) is 0.623. The zero-order valence-corrected chi connectivity index (χ0v) is 14.8. The van der Waals surface area contributed by atoms with Gasteiger partial charge in [-0.3, -0.25) is 4.79 Å². The first-order valence-corrected chi connectivity index (χ1v) is 8.72. The Balaban J connectivity index is 2.50. The molecule has 0 aliphatic heterocycles. The molecule has 0 amide bonds. The Morgan fingerprint density at radius 1 is 1.26 bits per heavy atom. The second-order valence-electron chi connectivity index (χ2n) is 5.08. The maximum Gasteiger partial charge on any atom is 0.255 e. The molecule has 0 fully saturated rings. The first-order chi connectivity index (χ1) is 11.1. The third-order valence-electron chi connectivity index (χ3n) is 3.61. The van der Waals surface area contributed by atoms with Crippen LogP contribution in [0.3, 0.4) is 0 Å². The van der Waals surface area contributed by atoms with E-state index in [1.807, 2.05) is 24.5 Å². The fourth-order valence-electron chi connectivity index (χ4n) is 2.53. The van der Waals surface area contributed by atoms with Crippen molar-refractivity contribution in [1.29, 1.82) is 0 Å². The summed E-state index contributed by atoms with van der Waals surface area (Å²) in [5.41, 5.74) is 2.37. The summed E-state index contributed by atoms with van der Waals surface area (Å²) in [4.78, 5) is 19.9. The van der Waals surface area contributed by atoms with Crippen molar-refractivity contribution < 1.29 is 9.47 Å². The van der Waals surface area contributed by atoms with E-state index in [1.54, 1.807) is 14.2 Å². The van der Waals surface area contributed by atoms with Crippen LogP contribution in [0.15, 0.2) is 28.2 Å². The Morgan fingerprint density at radius 3 is 2.65 bits per heavy atom. The Kier molecular flexibility index (Phi) is 6.10. The normalized spacial score (nSPS) is 10.6. The van der Waals surface area contributed by atoms with Gasteiger partial charge in [0.15, 0.2) is 16.7 Å². The van der Waals surface area contributed by atoms with Crippen LogP contribution in [0.1, 0.15) is 30.2 Å². The second-order valence-corrected chi connectivity index (χ2v) is 5.87. The van der Waals surface area contributed by atoms with Crippen molar-refractivity contribution in [3.63, 3.8) is 0 Å². The van der Waals surface area contributed by atoms with Gasteiger partial charge in [0.25, 0.3) is 5.56 Å². The number of methoxy groups -OCH3 is 2. The molecule has 1 N–H and O–H groups in total. The third-order valence-corrected chi connectivity index (χ3v) is 4.19. The molecule has 0 spiro atoms. The number of para-hydroxylation sites is 1. The monoisotopic (exact) mass is 334 g/mol. The lowest BCUT2D eigenvalue weighted by Gasteiger charge is -2.14. The molecule has 5 nitrogen and oxygen atoms in total. The van der Waals surface area contributed by atoms with E-state index in [9.17, 15) is 4.79 Å². The predicted molar refractivity (Wildman–Crippen MR) is 93.0 cm³/mol. The van der Waals surface area contributed by atoms with E-state index in [0.717, 1.165) is 24.1 Å². The summed E-state index contributed by atoms with van der Waals surface area (Å²) in [6.45, 7) is 2.08. The fraction of sp³-hybridized carbons (Fsp3) is 0.412. The molecule has 0 bridgehead atoms. The Morgan fingerprint density at radius 2 is 2.04 bits per heavy atom. The number of aromatic nitrogens is 2. The average molecular weight is 334 g/mol. The zero-order chi connectivity index (χ0) is 16.8. The van der Waals surface area contributed by atoms with Gasteiger partial charge in [-0.15, -0.1) is 0 Å². The summed E-state index contributed by atoms with van der Waals surface area (Å²) in [5, 5.41) is 0.653. The van der Waals surface area contributed by atoms with Crippen molar-refractivity contribution in [3.8, 4) is 11.5 Å². The van der Waals surface area contributed by atoms with Crippen molar-refractivity contribution in [3.05, 3.63) is 45.4 Å². The van der Waals surface area contributed by atoms with Crippen LogP contribution in [-0.4, -0.2) is 30.4 Å². The number of thioether (sulfide) groups is 1. The van der Waals surface area contributed by atoms with Gasteiger partial charge in [-0.2, -0.15) is 0 Å². The van der Waals surface area contributed by atoms with Crippen molar-refractivity contribution >= 4 is 11.8 Å². The van der Waals surface area contributed by atoms with Crippen LogP contribution in [0, 0.1) is 0 Å². The molecule has 1 heterocycles. The first-order valence-electron chi connectivity index (χ1n) is 7.50. The van der Waals surface area contributed by atoms with Crippen LogP contribution < -0.4 is 15.0 Å². The summed E-state index contributed by atoms with van der Waals surface area (Å²) < 4.78 is 10.8. The minimum absolute atomic E-state index is 0.0855. The van der Waals surface area contributed by atoms with Crippen molar-refractivity contribution in [1.82, 2.24) is 9.97 Å². The van der Waals surface area contributed by atoms with Gasteiger partial charge in [-0.1, -0.05) is 37.2 Å². The molecular weight excluding hydrogens is 312 g/mol. The van der Waals surface area contributed by atoms with Gasteiger partial charge in [0.05, 0.1) is 19.9 Å². The smallest absolute Gasteiger partial charge is 0.255 e. The molecular formula is C17H22N2O3S. The molecule has 23 heavy (non-hydrogen) atoms. The minimum atomic E-state index is -0.0855. The SMILES string of the molecule is CCCc1nc(SC)[nH]c(=O)c1Cc1cccc(OC)c1OC. The van der Waals surface area contributed by atoms with Gasteiger partial charge >= 0.3 is 0 Å². The maximum atomic E-state index is 12.5. The minimum Gasteiger partial charge on any atom is -0.493 e. The molecule has 1 aromatic heterocycles. The number of H-pyrrole nitrogens is 1. The zero-order valence-electron chi connectivity index (χ0n) is 13.9. The number of benzene rings is 1. The largest absolute Gasteiger partial charge is 0.493 e. The number of ether oxygens (including phenoxy) is 2. The van der Waals surface area contributed by atoms with Gasteiger partial charge < -0.3 is 14.5 Å². The van der Waals surface area contributed by atoms with E-state index >= 15 is 0 Å². The molecule has 0 unspecified atom stereocenters. The Hall–Kier alpha value is -1.95. The number of nitrogens with one attached hydrogen (secondary N) is 1. The van der Waals surface area contributed by atoms with Crippen LogP contribution in [0.2, 0.25) is 0 Å². The van der Waals surface area contributed by atoms with Gasteiger partial charge in [-0.25, -0.2) is 4.98 Å². The highest BCUT2D eigenvalue weighted by molar-refractivity contribution is 7.98. The third kappa shape index (κ3) is 3.88. The summed E-state index contributed by atoms with van der Waals surface area (Å²) in [6.07, 6.45) is 4.08. The van der Waals surface area contributed by atoms with Crippen LogP contribution >= 0.6 is 11.8 Å². The number of hydrogen-bond acceptors (Lipinski definition) is 5. The van der Waals surface area contributed by atoms with Gasteiger partial charge in [0.2, 0.25) is 0 Å². The average Bonchev–Trinajstić information content (AvgIpc) is 2.57. The molecule has 124 valence electrons. The van der Waals surface area contributed by atoms with Crippen molar-refractivity contribution in [2.75, 3.05) is 20.5 Å². The Labute approximate surface area is 140 Å². The van der Waals surface area contributed by atoms with Gasteiger partial charge in [0, 0.05) is 17.5 Å². The van der Waals surface area contributed by atoms with E-state index in [0.29, 0.717) is 28.6 Å². The molecule has 0 saturated heterocycles. The molecule has 2 rings (SSSR count). The molecule has 0 atom stereocenters. The number of aryl methyl sites for hydroxylation is 1. The lowest BCUT2D eigenvalue weighted by Crippen LogP contribution is -2.19. The van der Waals surface area contributed by atoms with Crippen LogP contribution in [-0.2, 0) is 12.8 Å². The van der Waals surface area contributed by atoms with Crippen LogP contribution in [0.25, 0.3) is 0 Å². The standard InChI is InChI=1S/C17H22N2O3S/c1-5-7-13-12(16(20)19-17(18-13)23-4)10-11-8-6-9-14(21-2)15(11)22-3/h6,8-9H,5,7,10H2,1-4H3,(H,18,19,20). The summed E-state index contributed by atoms with van der Waals surface area (Å²) in [6, 6.07) is 5.68. The number of hydrogen-bond donors (Lipinski definition) is 1. The number of nitrogens with zero attached hydrogens (tertiary/aromatic N) is 1. The van der Waals surface area contributed by atoms with E-state index in [-0.39, 0.29) is 5.56 Å². The lowest BCUT2D eigenvalue weighted by atomic mass is 10.0. The molecule has 0 radical (unpaired) electrons. The fourth-order valence-corrected chi connectivity index (χ4v) is 2.92. The Bertz CT molecular complexity index is 728. The van der Waals surface area contributed by atoms with E-state index in [1.165, 1.54) is 11.8 Å². The van der Waals surface area contributed by atoms with Crippen molar-refractivity contribution in [2.24, 2.45) is 0 Å². The number of rotatable bonds is 7. The molecule has 0 saturated carbocycles. The highest BCUT2D eigenvalue weighted by Crippen LogP contribution is 2.32. The topological polar surface area (TPSA) is 64.2 Å². The van der Waals surface area contributed by atoms with Crippen molar-refractivity contribution in [2.45, 2.75) is 31.3 Å². The van der Waals surface area contributed by atoms with E-state index in [2.05, 4.69) is 16.9 Å². The van der Waals surface area contributed by atoms with Gasteiger partial charge in [0.1, 0.15) is 0 Å². The van der Waals surface area contributed by atoms with E-state index in [4.69, 9.17) is 9.47 Å². The molecule has 6 heteroatoms. The maximum absolute atomic E-state index is 12.5. The molecule has 0 aliphatic carbocycles. The van der Waals surface area contributed by atoms with Crippen LogP contribution in [0.4, 0.5) is 0 Å². The summed E-state index contributed by atoms with van der Waals surface area (Å²) in [5.74, 6) is 1.32. The summed E-state index contributed by atoms with van der Waals surface area (Å²) >= 11 is 1.44. The highest BCUT2D eigenvalue weighted by atomic mass is 32.2. The second kappa shape index (κ2) is 8.06. The van der Waals surface area contributed by atoms with E-state index < -0.39 is 0 Å². The molecule has 0 aliphatic rings. The summed E-state index contributed by atoms with van der Waals surface area (Å²) in [7, 11) is 3.21. The lowest BCUT2D eigenvalue weighted by molar-refractivity contribution is 0.352. The number of aromatic amines is 1. The molecule has 1 aromatic carbocycles. The molecule has 2 aromatic rings. The first kappa shape index (κ1) is 17.4. The van der Waals surface area contributed by atoms with Gasteiger partial charge in [-0.05, 0) is 18.7 Å². The highest BCUT2D eigenvalue weighted by Gasteiger charge is 2.16.